The SMILES string of the molecule is Cc1nc2ccccn2c1C(=O)N1CCN(c2ccc(N3CCN(CC4CCCO4)CC3)nn2)CC1. The fraction of sp³-hybridized carbons (Fsp3) is 0.538. The monoisotopic (exact) mass is 490 g/mol. The highest BCUT2D eigenvalue weighted by atomic mass is 16.5. The Labute approximate surface area is 211 Å². The second kappa shape index (κ2) is 10.0. The van der Waals surface area contributed by atoms with Crippen LogP contribution in [0.5, 0.6) is 0 Å². The molecule has 1 unspecified atom stereocenters. The van der Waals surface area contributed by atoms with Crippen molar-refractivity contribution in [3.8, 4) is 0 Å². The molecule has 10 nitrogen and oxygen atoms in total. The van der Waals surface area contributed by atoms with E-state index < -0.39 is 0 Å². The van der Waals surface area contributed by atoms with Crippen molar-refractivity contribution in [1.82, 2.24) is 29.4 Å². The molecule has 0 aliphatic carbocycles. The van der Waals surface area contributed by atoms with Gasteiger partial charge in [0.15, 0.2) is 11.6 Å². The lowest BCUT2D eigenvalue weighted by atomic mass is 10.2. The topological polar surface area (TPSA) is 82.3 Å². The molecule has 0 aromatic carbocycles. The molecule has 0 spiro atoms. The minimum absolute atomic E-state index is 0.0333. The average molecular weight is 491 g/mol. The van der Waals surface area contributed by atoms with Crippen molar-refractivity contribution in [2.24, 2.45) is 0 Å². The number of fused-ring (bicyclic) bond motifs is 1. The number of amides is 1. The van der Waals surface area contributed by atoms with Gasteiger partial charge in [-0.15, -0.1) is 10.2 Å². The third-order valence-corrected chi connectivity index (χ3v) is 7.62. The van der Waals surface area contributed by atoms with E-state index in [1.807, 2.05) is 40.6 Å². The van der Waals surface area contributed by atoms with Crippen LogP contribution in [0.15, 0.2) is 36.5 Å². The molecular formula is C26H34N8O2. The second-order valence-electron chi connectivity index (χ2n) is 9.93. The van der Waals surface area contributed by atoms with Crippen LogP contribution in [0.25, 0.3) is 5.65 Å². The van der Waals surface area contributed by atoms with E-state index in [-0.39, 0.29) is 5.91 Å². The Balaban J connectivity index is 1.02. The molecule has 3 fully saturated rings. The highest BCUT2D eigenvalue weighted by molar-refractivity contribution is 5.94. The van der Waals surface area contributed by atoms with E-state index in [0.717, 1.165) is 75.4 Å². The Morgan fingerprint density at radius 3 is 2.28 bits per heavy atom. The zero-order valence-corrected chi connectivity index (χ0v) is 20.9. The van der Waals surface area contributed by atoms with Crippen LogP contribution in [0.1, 0.15) is 29.0 Å². The number of nitrogens with zero attached hydrogens (tertiary/aromatic N) is 8. The third-order valence-electron chi connectivity index (χ3n) is 7.62. The Morgan fingerprint density at radius 1 is 0.944 bits per heavy atom. The van der Waals surface area contributed by atoms with Crippen LogP contribution in [0, 0.1) is 6.92 Å². The maximum atomic E-state index is 13.3. The largest absolute Gasteiger partial charge is 0.377 e. The number of carbonyl (C=O) groups excluding carboxylic acids is 1. The predicted molar refractivity (Wildman–Crippen MR) is 138 cm³/mol. The molecule has 1 amide bonds. The number of ether oxygens (including phenoxy) is 1. The molecule has 3 aliphatic rings. The summed E-state index contributed by atoms with van der Waals surface area (Å²) < 4.78 is 7.68. The van der Waals surface area contributed by atoms with Gasteiger partial charge in [0.25, 0.3) is 5.91 Å². The van der Waals surface area contributed by atoms with Gasteiger partial charge in [0.2, 0.25) is 0 Å². The molecule has 6 rings (SSSR count). The van der Waals surface area contributed by atoms with Crippen molar-refractivity contribution in [2.45, 2.75) is 25.9 Å². The van der Waals surface area contributed by atoms with Crippen LogP contribution in [-0.4, -0.2) is 107 Å². The zero-order valence-electron chi connectivity index (χ0n) is 20.9. The molecule has 3 aromatic rings. The summed E-state index contributed by atoms with van der Waals surface area (Å²) in [7, 11) is 0. The van der Waals surface area contributed by atoms with E-state index in [1.165, 1.54) is 12.8 Å². The molecular weight excluding hydrogens is 456 g/mol. The van der Waals surface area contributed by atoms with Crippen LogP contribution in [-0.2, 0) is 4.74 Å². The summed E-state index contributed by atoms with van der Waals surface area (Å²) in [4.78, 5) is 26.8. The summed E-state index contributed by atoms with van der Waals surface area (Å²) in [6, 6.07) is 9.93. The normalized spacial score (nSPS) is 21.5. The number of aryl methyl sites for hydroxylation is 1. The molecule has 3 saturated heterocycles. The third kappa shape index (κ3) is 4.62. The molecule has 36 heavy (non-hydrogen) atoms. The number of imidazole rings is 1. The highest BCUT2D eigenvalue weighted by Gasteiger charge is 2.27. The predicted octanol–water partition coefficient (Wildman–Crippen LogP) is 1.70. The van der Waals surface area contributed by atoms with Crippen LogP contribution < -0.4 is 9.80 Å². The van der Waals surface area contributed by atoms with Gasteiger partial charge in [-0.1, -0.05) is 6.07 Å². The van der Waals surface area contributed by atoms with Crippen molar-refractivity contribution in [3.05, 3.63) is 47.9 Å². The standard InChI is InChI=1S/C26H34N8O2/c1-20-25(34-9-3-2-6-22(34)27-20)26(35)33-16-14-32(15-17-33)24-8-7-23(28-29-24)31-12-10-30(11-13-31)19-21-5-4-18-36-21/h2-3,6-9,21H,4-5,10-19H2,1H3. The lowest BCUT2D eigenvalue weighted by Crippen LogP contribution is -2.49. The number of carbonyl (C=O) groups is 1. The van der Waals surface area contributed by atoms with Gasteiger partial charge in [-0.3, -0.25) is 14.1 Å². The van der Waals surface area contributed by atoms with Gasteiger partial charge in [0, 0.05) is 71.7 Å². The van der Waals surface area contributed by atoms with Crippen molar-refractivity contribution < 1.29 is 9.53 Å². The molecule has 1 atom stereocenters. The molecule has 0 saturated carbocycles. The number of rotatable bonds is 5. The first-order valence-electron chi connectivity index (χ1n) is 13.1. The average Bonchev–Trinajstić information content (AvgIpc) is 3.55. The maximum Gasteiger partial charge on any atom is 0.272 e. The van der Waals surface area contributed by atoms with Crippen LogP contribution in [0.4, 0.5) is 11.6 Å². The molecule has 0 bridgehead atoms. The smallest absolute Gasteiger partial charge is 0.272 e. The van der Waals surface area contributed by atoms with Gasteiger partial charge >= 0.3 is 0 Å². The lowest BCUT2D eigenvalue weighted by Gasteiger charge is -2.37. The Hall–Kier alpha value is -3.24. The van der Waals surface area contributed by atoms with E-state index in [0.29, 0.717) is 24.9 Å². The van der Waals surface area contributed by atoms with Crippen molar-refractivity contribution >= 4 is 23.2 Å². The summed E-state index contributed by atoms with van der Waals surface area (Å²) in [5.74, 6) is 1.84. The molecule has 0 radical (unpaired) electrons. The first-order chi connectivity index (χ1) is 17.7. The lowest BCUT2D eigenvalue weighted by molar-refractivity contribution is 0.0712. The molecule has 0 N–H and O–H groups in total. The van der Waals surface area contributed by atoms with E-state index in [1.54, 1.807) is 0 Å². The minimum Gasteiger partial charge on any atom is -0.377 e. The molecule has 3 aromatic heterocycles. The molecule has 190 valence electrons. The molecule has 3 aliphatic heterocycles. The van der Waals surface area contributed by atoms with Crippen LogP contribution in [0.3, 0.4) is 0 Å². The van der Waals surface area contributed by atoms with E-state index >= 15 is 0 Å². The molecule has 6 heterocycles. The second-order valence-corrected chi connectivity index (χ2v) is 9.93. The van der Waals surface area contributed by atoms with Gasteiger partial charge in [-0.25, -0.2) is 4.98 Å². The Kier molecular flexibility index (Phi) is 6.45. The number of piperazine rings is 2. The zero-order chi connectivity index (χ0) is 24.5. The number of aromatic nitrogens is 4. The number of hydrogen-bond donors (Lipinski definition) is 0. The summed E-state index contributed by atoms with van der Waals surface area (Å²) in [6.07, 6.45) is 4.70. The highest BCUT2D eigenvalue weighted by Crippen LogP contribution is 2.21. The first kappa shape index (κ1) is 23.2. The summed E-state index contributed by atoms with van der Waals surface area (Å²) in [5.41, 5.74) is 2.22. The van der Waals surface area contributed by atoms with Gasteiger partial charge in [0.05, 0.1) is 11.8 Å². The summed E-state index contributed by atoms with van der Waals surface area (Å²) >= 11 is 0. The molecule has 10 heteroatoms. The van der Waals surface area contributed by atoms with Crippen molar-refractivity contribution in [3.63, 3.8) is 0 Å². The summed E-state index contributed by atoms with van der Waals surface area (Å²) in [6.45, 7) is 10.6. The first-order valence-corrected chi connectivity index (χ1v) is 13.1. The van der Waals surface area contributed by atoms with Crippen LogP contribution >= 0.6 is 0 Å². The van der Waals surface area contributed by atoms with E-state index in [9.17, 15) is 4.79 Å². The van der Waals surface area contributed by atoms with Gasteiger partial charge < -0.3 is 19.4 Å². The fourth-order valence-corrected chi connectivity index (χ4v) is 5.55. The number of anilines is 2. The number of hydrogen-bond acceptors (Lipinski definition) is 8. The van der Waals surface area contributed by atoms with Crippen LogP contribution in [0.2, 0.25) is 0 Å². The van der Waals surface area contributed by atoms with Gasteiger partial charge in [-0.05, 0) is 44.0 Å². The van der Waals surface area contributed by atoms with Gasteiger partial charge in [-0.2, -0.15) is 0 Å². The fourth-order valence-electron chi connectivity index (χ4n) is 5.55. The van der Waals surface area contributed by atoms with Crippen molar-refractivity contribution in [2.75, 3.05) is 75.3 Å². The minimum atomic E-state index is 0.0333. The summed E-state index contributed by atoms with van der Waals surface area (Å²) in [5, 5.41) is 9.08. The quantitative estimate of drug-likeness (QED) is 0.535. The maximum absolute atomic E-state index is 13.3. The van der Waals surface area contributed by atoms with E-state index in [4.69, 9.17) is 4.74 Å². The van der Waals surface area contributed by atoms with Gasteiger partial charge in [0.1, 0.15) is 11.3 Å². The Bertz CT molecular complexity index is 1190. The van der Waals surface area contributed by atoms with E-state index in [2.05, 4.69) is 42.0 Å². The Morgan fingerprint density at radius 2 is 1.64 bits per heavy atom. The van der Waals surface area contributed by atoms with Crippen molar-refractivity contribution in [1.29, 1.82) is 0 Å². The number of pyridine rings is 1.